The predicted octanol–water partition coefficient (Wildman–Crippen LogP) is 2.21. The fourth-order valence-electron chi connectivity index (χ4n) is 3.69. The minimum atomic E-state index is -3.67. The molecule has 2 N–H and O–H groups in total. The molecule has 0 bridgehead atoms. The van der Waals surface area contributed by atoms with Crippen molar-refractivity contribution < 1.29 is 13.5 Å². The minimum Gasteiger partial charge on any atom is -0.390 e. The molecule has 3 rings (SSSR count). The van der Waals surface area contributed by atoms with Gasteiger partial charge in [0.25, 0.3) is 0 Å². The van der Waals surface area contributed by atoms with Crippen LogP contribution in [0.4, 0.5) is 0 Å². The van der Waals surface area contributed by atoms with E-state index in [1.807, 2.05) is 24.3 Å². The van der Waals surface area contributed by atoms with Gasteiger partial charge in [-0.05, 0) is 30.7 Å². The van der Waals surface area contributed by atoms with E-state index in [0.29, 0.717) is 23.9 Å². The fourth-order valence-corrected chi connectivity index (χ4v) is 4.99. The lowest BCUT2D eigenvalue weighted by Gasteiger charge is -2.24. The molecule has 0 amide bonds. The van der Waals surface area contributed by atoms with Gasteiger partial charge in [0.05, 0.1) is 11.0 Å². The third-order valence-electron chi connectivity index (χ3n) is 4.91. The summed E-state index contributed by atoms with van der Waals surface area (Å²) in [6, 6.07) is 13.0. The average molecular weight is 362 g/mol. The average Bonchev–Trinajstić information content (AvgIpc) is 2.90. The number of benzene rings is 2. The normalized spacial score (nSPS) is 23.2. The predicted molar refractivity (Wildman–Crippen MR) is 100.0 cm³/mol. The molecule has 1 heterocycles. The van der Waals surface area contributed by atoms with Gasteiger partial charge in [0.15, 0.2) is 0 Å². The highest BCUT2D eigenvalue weighted by molar-refractivity contribution is 7.89. The standard InChI is InChI=1S/C19H26N2O3S/c1-14-10-15(2)21(12-14)13-17(22)11-20-25(23,24)19-9-5-7-16-6-3-4-8-18(16)19/h3-9,14-15,17,20,22H,10-13H2,1-2H3. The molecule has 0 radical (unpaired) electrons. The van der Waals surface area contributed by atoms with Gasteiger partial charge in [0.2, 0.25) is 10.0 Å². The van der Waals surface area contributed by atoms with Crippen LogP contribution >= 0.6 is 0 Å². The number of β-amino-alcohol motifs (C(OH)–C–C–N with tert-alkyl or cyclic N) is 1. The molecule has 136 valence electrons. The molecule has 3 atom stereocenters. The molecule has 1 fully saturated rings. The van der Waals surface area contributed by atoms with Crippen molar-refractivity contribution in [2.45, 2.75) is 37.3 Å². The summed E-state index contributed by atoms with van der Waals surface area (Å²) in [5, 5.41) is 11.8. The Morgan fingerprint density at radius 3 is 2.64 bits per heavy atom. The van der Waals surface area contributed by atoms with Gasteiger partial charge < -0.3 is 5.11 Å². The molecule has 0 saturated carbocycles. The zero-order valence-electron chi connectivity index (χ0n) is 14.7. The first-order chi connectivity index (χ1) is 11.9. The van der Waals surface area contributed by atoms with E-state index in [-0.39, 0.29) is 11.4 Å². The molecule has 2 aromatic carbocycles. The Morgan fingerprint density at radius 1 is 1.20 bits per heavy atom. The molecule has 25 heavy (non-hydrogen) atoms. The van der Waals surface area contributed by atoms with Crippen LogP contribution in [0.3, 0.4) is 0 Å². The van der Waals surface area contributed by atoms with Crippen molar-refractivity contribution in [2.24, 2.45) is 5.92 Å². The molecular formula is C19H26N2O3S. The van der Waals surface area contributed by atoms with Gasteiger partial charge in [-0.15, -0.1) is 0 Å². The lowest BCUT2D eigenvalue weighted by Crippen LogP contribution is -2.41. The van der Waals surface area contributed by atoms with E-state index >= 15 is 0 Å². The maximum atomic E-state index is 12.7. The van der Waals surface area contributed by atoms with Gasteiger partial charge in [0, 0.05) is 31.1 Å². The number of sulfonamides is 1. The number of likely N-dealkylation sites (tertiary alicyclic amines) is 1. The van der Waals surface area contributed by atoms with Crippen LogP contribution in [0.15, 0.2) is 47.4 Å². The van der Waals surface area contributed by atoms with Crippen molar-refractivity contribution in [1.29, 1.82) is 0 Å². The van der Waals surface area contributed by atoms with Crippen LogP contribution in [-0.4, -0.2) is 50.2 Å². The summed E-state index contributed by atoms with van der Waals surface area (Å²) in [4.78, 5) is 2.47. The number of aliphatic hydroxyl groups is 1. The Hall–Kier alpha value is -1.47. The second-order valence-corrected chi connectivity index (χ2v) is 8.86. The summed E-state index contributed by atoms with van der Waals surface area (Å²) < 4.78 is 27.9. The summed E-state index contributed by atoms with van der Waals surface area (Å²) >= 11 is 0. The number of fused-ring (bicyclic) bond motifs is 1. The van der Waals surface area contributed by atoms with Gasteiger partial charge in [-0.2, -0.15) is 0 Å². The van der Waals surface area contributed by atoms with Gasteiger partial charge in [-0.1, -0.05) is 43.3 Å². The molecular weight excluding hydrogens is 336 g/mol. The molecule has 0 aromatic heterocycles. The van der Waals surface area contributed by atoms with Crippen molar-refractivity contribution in [1.82, 2.24) is 9.62 Å². The van der Waals surface area contributed by atoms with Crippen LogP contribution in [0.25, 0.3) is 10.8 Å². The van der Waals surface area contributed by atoms with E-state index < -0.39 is 16.1 Å². The summed E-state index contributed by atoms with van der Waals surface area (Å²) in [6.07, 6.45) is 0.395. The van der Waals surface area contributed by atoms with Crippen molar-refractivity contribution >= 4 is 20.8 Å². The Labute approximate surface area is 149 Å². The smallest absolute Gasteiger partial charge is 0.241 e. The van der Waals surface area contributed by atoms with Crippen LogP contribution in [0, 0.1) is 5.92 Å². The van der Waals surface area contributed by atoms with Gasteiger partial charge in [0.1, 0.15) is 0 Å². The van der Waals surface area contributed by atoms with E-state index in [0.717, 1.165) is 18.4 Å². The van der Waals surface area contributed by atoms with E-state index in [1.54, 1.807) is 18.2 Å². The number of hydrogen-bond donors (Lipinski definition) is 2. The Balaban J connectivity index is 1.67. The molecule has 0 spiro atoms. The van der Waals surface area contributed by atoms with Crippen molar-refractivity contribution in [2.75, 3.05) is 19.6 Å². The van der Waals surface area contributed by atoms with E-state index in [9.17, 15) is 13.5 Å². The maximum Gasteiger partial charge on any atom is 0.241 e. The first-order valence-electron chi connectivity index (χ1n) is 8.76. The minimum absolute atomic E-state index is 0.0170. The van der Waals surface area contributed by atoms with E-state index in [1.165, 1.54) is 0 Å². The van der Waals surface area contributed by atoms with Crippen LogP contribution in [0.2, 0.25) is 0 Å². The van der Waals surface area contributed by atoms with Crippen molar-refractivity contribution in [3.63, 3.8) is 0 Å². The van der Waals surface area contributed by atoms with Crippen LogP contribution in [0.5, 0.6) is 0 Å². The fraction of sp³-hybridized carbons (Fsp3) is 0.474. The zero-order valence-corrected chi connectivity index (χ0v) is 15.5. The number of nitrogens with one attached hydrogen (secondary N) is 1. The summed E-state index contributed by atoms with van der Waals surface area (Å²) in [5.41, 5.74) is 0. The van der Waals surface area contributed by atoms with Crippen molar-refractivity contribution in [3.05, 3.63) is 42.5 Å². The number of rotatable bonds is 6. The van der Waals surface area contributed by atoms with Gasteiger partial charge in [-0.25, -0.2) is 13.1 Å². The van der Waals surface area contributed by atoms with E-state index in [2.05, 4.69) is 23.5 Å². The second kappa shape index (κ2) is 7.41. The number of hydrogen-bond acceptors (Lipinski definition) is 4. The monoisotopic (exact) mass is 362 g/mol. The third kappa shape index (κ3) is 4.20. The topological polar surface area (TPSA) is 69.6 Å². The first-order valence-corrected chi connectivity index (χ1v) is 10.2. The van der Waals surface area contributed by atoms with Crippen molar-refractivity contribution in [3.8, 4) is 0 Å². The summed E-state index contributed by atoms with van der Waals surface area (Å²) in [5.74, 6) is 0.620. The largest absolute Gasteiger partial charge is 0.390 e. The highest BCUT2D eigenvalue weighted by Gasteiger charge is 2.28. The summed E-state index contributed by atoms with van der Waals surface area (Å²) in [6.45, 7) is 5.81. The zero-order chi connectivity index (χ0) is 18.0. The maximum absolute atomic E-state index is 12.7. The molecule has 3 unspecified atom stereocenters. The SMILES string of the molecule is CC1CC(C)N(CC(O)CNS(=O)(=O)c2cccc3ccccc23)C1. The third-order valence-corrected chi connectivity index (χ3v) is 6.39. The van der Waals surface area contributed by atoms with Crippen LogP contribution < -0.4 is 4.72 Å². The lowest BCUT2D eigenvalue weighted by atomic mass is 10.1. The quantitative estimate of drug-likeness (QED) is 0.827. The molecule has 2 aromatic rings. The lowest BCUT2D eigenvalue weighted by molar-refractivity contribution is 0.111. The molecule has 1 saturated heterocycles. The Kier molecular flexibility index (Phi) is 5.43. The molecule has 1 aliphatic rings. The Bertz CT molecular complexity index is 832. The van der Waals surface area contributed by atoms with Crippen LogP contribution in [0.1, 0.15) is 20.3 Å². The van der Waals surface area contributed by atoms with Gasteiger partial charge >= 0.3 is 0 Å². The molecule has 0 aliphatic carbocycles. The first kappa shape index (κ1) is 18.3. The highest BCUT2D eigenvalue weighted by atomic mass is 32.2. The van der Waals surface area contributed by atoms with Gasteiger partial charge in [-0.3, -0.25) is 4.90 Å². The second-order valence-electron chi connectivity index (χ2n) is 7.13. The molecule has 5 nitrogen and oxygen atoms in total. The summed E-state index contributed by atoms with van der Waals surface area (Å²) in [7, 11) is -3.67. The number of nitrogens with zero attached hydrogens (tertiary/aromatic N) is 1. The van der Waals surface area contributed by atoms with Crippen LogP contribution in [-0.2, 0) is 10.0 Å². The Morgan fingerprint density at radius 2 is 1.92 bits per heavy atom. The molecule has 1 aliphatic heterocycles. The van der Waals surface area contributed by atoms with E-state index in [4.69, 9.17) is 0 Å². The molecule has 6 heteroatoms. The number of aliphatic hydroxyl groups excluding tert-OH is 1. The highest BCUT2D eigenvalue weighted by Crippen LogP contribution is 2.23.